The van der Waals surface area contributed by atoms with Crippen LogP contribution >= 0.6 is 34.2 Å². The van der Waals surface area contributed by atoms with Gasteiger partial charge in [-0.15, -0.1) is 0 Å². The molecule has 1 unspecified atom stereocenters. The number of benzene rings is 1. The lowest BCUT2D eigenvalue weighted by Crippen LogP contribution is -2.41. The summed E-state index contributed by atoms with van der Waals surface area (Å²) in [4.78, 5) is 14.8. The summed E-state index contributed by atoms with van der Waals surface area (Å²) >= 11 is 8.26. The first kappa shape index (κ1) is 17.0. The molecule has 116 valence electrons. The third-order valence-corrected chi connectivity index (χ3v) is 5.01. The Hall–Kier alpha value is -0.330. The Bertz CT molecular complexity index is 489. The fraction of sp³-hybridized carbons (Fsp3) is 0.562. The van der Waals surface area contributed by atoms with Gasteiger partial charge in [0, 0.05) is 27.7 Å². The third-order valence-electron chi connectivity index (χ3n) is 3.83. The smallest absolute Gasteiger partial charge is 0.255 e. The molecule has 5 heteroatoms. The first-order valence-electron chi connectivity index (χ1n) is 7.59. The van der Waals surface area contributed by atoms with Gasteiger partial charge in [0.25, 0.3) is 5.91 Å². The zero-order valence-corrected chi connectivity index (χ0v) is 15.3. The van der Waals surface area contributed by atoms with Crippen LogP contribution in [0.3, 0.4) is 0 Å². The number of hydrogen-bond acceptors (Lipinski definition) is 2. The van der Waals surface area contributed by atoms with Crippen LogP contribution in [-0.4, -0.2) is 36.5 Å². The van der Waals surface area contributed by atoms with Crippen molar-refractivity contribution < 1.29 is 4.79 Å². The molecule has 1 heterocycles. The van der Waals surface area contributed by atoms with Crippen molar-refractivity contribution in [2.75, 3.05) is 19.6 Å². The lowest BCUT2D eigenvalue weighted by molar-refractivity contribution is 0.0738. The van der Waals surface area contributed by atoms with Crippen molar-refractivity contribution in [3.8, 4) is 0 Å². The predicted octanol–water partition coefficient (Wildman–Crippen LogP) is 3.94. The summed E-state index contributed by atoms with van der Waals surface area (Å²) < 4.78 is 0.961. The van der Waals surface area contributed by atoms with Gasteiger partial charge in [0.2, 0.25) is 0 Å². The molecule has 0 radical (unpaired) electrons. The summed E-state index contributed by atoms with van der Waals surface area (Å²) in [6, 6.07) is 5.95. The molecule has 1 atom stereocenters. The molecule has 1 aromatic rings. The molecule has 1 fully saturated rings. The highest BCUT2D eigenvalue weighted by atomic mass is 127. The second-order valence-electron chi connectivity index (χ2n) is 5.52. The Morgan fingerprint density at radius 1 is 1.52 bits per heavy atom. The van der Waals surface area contributed by atoms with E-state index in [1.165, 1.54) is 6.42 Å². The number of nitrogens with one attached hydrogen (secondary N) is 1. The average Bonchev–Trinajstić information content (AvgIpc) is 2.98. The maximum Gasteiger partial charge on any atom is 0.255 e. The summed E-state index contributed by atoms with van der Waals surface area (Å²) in [7, 11) is 0. The first-order valence-corrected chi connectivity index (χ1v) is 9.05. The molecule has 1 aliphatic rings. The molecule has 0 aromatic heterocycles. The van der Waals surface area contributed by atoms with Crippen LogP contribution in [0.15, 0.2) is 18.2 Å². The number of hydrogen-bond donors (Lipinski definition) is 1. The van der Waals surface area contributed by atoms with Gasteiger partial charge in [-0.3, -0.25) is 4.79 Å². The highest BCUT2D eigenvalue weighted by molar-refractivity contribution is 14.1. The van der Waals surface area contributed by atoms with Gasteiger partial charge in [-0.05, 0) is 66.6 Å². The molecule has 1 amide bonds. The van der Waals surface area contributed by atoms with Crippen molar-refractivity contribution in [2.24, 2.45) is 0 Å². The van der Waals surface area contributed by atoms with Crippen LogP contribution in [0, 0.1) is 3.57 Å². The van der Waals surface area contributed by atoms with Crippen LogP contribution in [0.2, 0.25) is 5.02 Å². The molecule has 3 nitrogen and oxygen atoms in total. The molecule has 0 spiro atoms. The van der Waals surface area contributed by atoms with Crippen LogP contribution in [0.5, 0.6) is 0 Å². The van der Waals surface area contributed by atoms with E-state index in [2.05, 4.69) is 34.8 Å². The Morgan fingerprint density at radius 3 is 3.00 bits per heavy atom. The van der Waals surface area contributed by atoms with E-state index in [-0.39, 0.29) is 5.91 Å². The first-order chi connectivity index (χ1) is 10.1. The quantitative estimate of drug-likeness (QED) is 0.707. The third kappa shape index (κ3) is 4.83. The number of rotatable bonds is 6. The summed E-state index contributed by atoms with van der Waals surface area (Å²) in [5, 5.41) is 4.09. The molecule has 2 rings (SSSR count). The Balaban J connectivity index is 2.13. The molecule has 0 bridgehead atoms. The van der Waals surface area contributed by atoms with Gasteiger partial charge in [-0.2, -0.15) is 0 Å². The zero-order chi connectivity index (χ0) is 15.2. The van der Waals surface area contributed by atoms with E-state index < -0.39 is 0 Å². The van der Waals surface area contributed by atoms with Gasteiger partial charge in [0.05, 0.1) is 5.56 Å². The number of unbranched alkanes of at least 4 members (excludes halogenated alkanes) is 1. The van der Waals surface area contributed by atoms with Crippen molar-refractivity contribution in [2.45, 2.75) is 38.6 Å². The van der Waals surface area contributed by atoms with Gasteiger partial charge in [0.15, 0.2) is 0 Å². The SMILES string of the molecule is CCCCN(CC1CCCN1)C(=O)c1cc(Cl)ccc1I. The minimum atomic E-state index is 0.101. The molecule has 0 saturated carbocycles. The number of amides is 1. The lowest BCUT2D eigenvalue weighted by atomic mass is 10.1. The van der Waals surface area contributed by atoms with Crippen molar-refractivity contribution in [3.05, 3.63) is 32.4 Å². The summed E-state index contributed by atoms with van der Waals surface area (Å²) in [6.07, 6.45) is 4.49. The van der Waals surface area contributed by atoms with Crippen LogP contribution < -0.4 is 5.32 Å². The standard InChI is InChI=1S/C16H22ClIN2O/c1-2-3-9-20(11-13-5-4-8-19-13)16(21)14-10-12(17)6-7-15(14)18/h6-7,10,13,19H,2-5,8-9,11H2,1H3. The van der Waals surface area contributed by atoms with Crippen molar-refractivity contribution in [1.82, 2.24) is 10.2 Å². The molecular formula is C16H22ClIN2O. The maximum atomic E-state index is 12.8. The van der Waals surface area contributed by atoms with Gasteiger partial charge in [-0.25, -0.2) is 0 Å². The normalized spacial score (nSPS) is 18.0. The van der Waals surface area contributed by atoms with Crippen LogP contribution in [0.4, 0.5) is 0 Å². The molecule has 21 heavy (non-hydrogen) atoms. The highest BCUT2D eigenvalue weighted by Gasteiger charge is 2.23. The molecular weight excluding hydrogens is 399 g/mol. The van der Waals surface area contributed by atoms with E-state index in [9.17, 15) is 4.79 Å². The number of nitrogens with zero attached hydrogens (tertiary/aromatic N) is 1. The summed E-state index contributed by atoms with van der Waals surface area (Å²) in [5.41, 5.74) is 0.720. The maximum absolute atomic E-state index is 12.8. The summed E-state index contributed by atoms with van der Waals surface area (Å²) in [6.45, 7) is 4.83. The van der Waals surface area contributed by atoms with Crippen molar-refractivity contribution in [1.29, 1.82) is 0 Å². The Labute approximate surface area is 145 Å². The predicted molar refractivity (Wildman–Crippen MR) is 96.0 cm³/mol. The number of halogens is 2. The number of carbonyl (C=O) groups is 1. The second-order valence-corrected chi connectivity index (χ2v) is 7.12. The molecule has 1 aliphatic heterocycles. The van der Waals surface area contributed by atoms with E-state index in [0.717, 1.165) is 48.0 Å². The number of carbonyl (C=O) groups excluding carboxylic acids is 1. The summed E-state index contributed by atoms with van der Waals surface area (Å²) in [5.74, 6) is 0.101. The molecule has 0 aliphatic carbocycles. The van der Waals surface area contributed by atoms with Crippen LogP contribution in [0.25, 0.3) is 0 Å². The second kappa shape index (κ2) is 8.34. The lowest BCUT2D eigenvalue weighted by Gasteiger charge is -2.26. The van der Waals surface area contributed by atoms with Gasteiger partial charge < -0.3 is 10.2 Å². The average molecular weight is 421 g/mol. The van der Waals surface area contributed by atoms with Gasteiger partial charge >= 0.3 is 0 Å². The fourth-order valence-electron chi connectivity index (χ4n) is 2.64. The van der Waals surface area contributed by atoms with E-state index >= 15 is 0 Å². The van der Waals surface area contributed by atoms with Crippen molar-refractivity contribution in [3.63, 3.8) is 0 Å². The molecule has 1 N–H and O–H groups in total. The molecule has 1 saturated heterocycles. The monoisotopic (exact) mass is 420 g/mol. The topological polar surface area (TPSA) is 32.3 Å². The highest BCUT2D eigenvalue weighted by Crippen LogP contribution is 2.20. The van der Waals surface area contributed by atoms with E-state index in [4.69, 9.17) is 11.6 Å². The zero-order valence-electron chi connectivity index (χ0n) is 12.4. The minimum Gasteiger partial charge on any atom is -0.337 e. The van der Waals surface area contributed by atoms with Crippen molar-refractivity contribution >= 4 is 40.1 Å². The minimum absolute atomic E-state index is 0.101. The fourth-order valence-corrected chi connectivity index (χ4v) is 3.37. The van der Waals surface area contributed by atoms with Gasteiger partial charge in [-0.1, -0.05) is 24.9 Å². The van der Waals surface area contributed by atoms with Crippen LogP contribution in [0.1, 0.15) is 43.0 Å². The largest absolute Gasteiger partial charge is 0.337 e. The van der Waals surface area contributed by atoms with E-state index in [1.807, 2.05) is 17.0 Å². The Morgan fingerprint density at radius 2 is 2.33 bits per heavy atom. The van der Waals surface area contributed by atoms with Gasteiger partial charge in [0.1, 0.15) is 0 Å². The Kier molecular flexibility index (Phi) is 6.76. The van der Waals surface area contributed by atoms with E-state index in [1.54, 1.807) is 6.07 Å². The van der Waals surface area contributed by atoms with Crippen LogP contribution in [-0.2, 0) is 0 Å². The molecule has 1 aromatic carbocycles. The van der Waals surface area contributed by atoms with E-state index in [0.29, 0.717) is 11.1 Å².